The molecule has 0 saturated heterocycles. The van der Waals surface area contributed by atoms with E-state index in [-0.39, 0.29) is 10.8 Å². The second-order valence-corrected chi connectivity index (χ2v) is 3.83. The number of ether oxygens (including phenoxy) is 1. The molecule has 0 amide bonds. The molecular weight excluding hydrogens is 228 g/mol. The second-order valence-electron chi connectivity index (χ2n) is 3.44. The molecule has 16 heavy (non-hydrogen) atoms. The van der Waals surface area contributed by atoms with Crippen LogP contribution >= 0.6 is 11.6 Å². The standard InChI is InChI=1S/C11H15ClN2O2/c1-2-3-4-5-8-16-11(15)9-6-7-10(12)14-13-9/h6-7H,2-5,8H2,1H3. The van der Waals surface area contributed by atoms with Gasteiger partial charge in [0.2, 0.25) is 0 Å². The van der Waals surface area contributed by atoms with Gasteiger partial charge >= 0.3 is 5.97 Å². The molecule has 0 atom stereocenters. The molecule has 1 heterocycles. The van der Waals surface area contributed by atoms with E-state index in [0.29, 0.717) is 6.61 Å². The van der Waals surface area contributed by atoms with Crippen molar-refractivity contribution in [1.82, 2.24) is 10.2 Å². The van der Waals surface area contributed by atoms with Crippen molar-refractivity contribution in [2.24, 2.45) is 0 Å². The van der Waals surface area contributed by atoms with E-state index in [4.69, 9.17) is 16.3 Å². The molecule has 4 nitrogen and oxygen atoms in total. The first-order valence-corrected chi connectivity index (χ1v) is 5.78. The fourth-order valence-corrected chi connectivity index (χ4v) is 1.29. The Labute approximate surface area is 100.0 Å². The van der Waals surface area contributed by atoms with Crippen molar-refractivity contribution in [3.05, 3.63) is 23.0 Å². The van der Waals surface area contributed by atoms with Crippen molar-refractivity contribution in [1.29, 1.82) is 0 Å². The van der Waals surface area contributed by atoms with Crippen LogP contribution in [0.3, 0.4) is 0 Å². The van der Waals surface area contributed by atoms with E-state index >= 15 is 0 Å². The minimum Gasteiger partial charge on any atom is -0.461 e. The number of halogens is 1. The normalized spacial score (nSPS) is 10.1. The Morgan fingerprint density at radius 1 is 1.31 bits per heavy atom. The highest BCUT2D eigenvalue weighted by molar-refractivity contribution is 6.29. The molecular formula is C11H15ClN2O2. The van der Waals surface area contributed by atoms with Gasteiger partial charge in [-0.2, -0.15) is 0 Å². The molecule has 1 rings (SSSR count). The lowest BCUT2D eigenvalue weighted by Crippen LogP contribution is -2.09. The lowest BCUT2D eigenvalue weighted by atomic mass is 10.2. The lowest BCUT2D eigenvalue weighted by molar-refractivity contribution is 0.0489. The van der Waals surface area contributed by atoms with Crippen LogP contribution in [0, 0.1) is 0 Å². The summed E-state index contributed by atoms with van der Waals surface area (Å²) >= 11 is 5.55. The monoisotopic (exact) mass is 242 g/mol. The zero-order valence-corrected chi connectivity index (χ0v) is 10.0. The molecule has 0 spiro atoms. The topological polar surface area (TPSA) is 52.1 Å². The van der Waals surface area contributed by atoms with Crippen LogP contribution in [0.15, 0.2) is 12.1 Å². The third-order valence-corrected chi connectivity index (χ3v) is 2.27. The summed E-state index contributed by atoms with van der Waals surface area (Å²) in [5, 5.41) is 7.47. The van der Waals surface area contributed by atoms with Crippen LogP contribution in [0.5, 0.6) is 0 Å². The fourth-order valence-electron chi connectivity index (χ4n) is 1.19. The van der Waals surface area contributed by atoms with E-state index in [1.54, 1.807) is 0 Å². The van der Waals surface area contributed by atoms with Crippen molar-refractivity contribution in [2.45, 2.75) is 32.6 Å². The summed E-state index contributed by atoms with van der Waals surface area (Å²) in [5.41, 5.74) is 0.194. The Bertz CT molecular complexity index is 327. The predicted octanol–water partition coefficient (Wildman–Crippen LogP) is 2.87. The fraction of sp³-hybridized carbons (Fsp3) is 0.545. The van der Waals surface area contributed by atoms with Crippen LogP contribution in [0.25, 0.3) is 0 Å². The molecule has 0 N–H and O–H groups in total. The van der Waals surface area contributed by atoms with Gasteiger partial charge in [-0.3, -0.25) is 0 Å². The van der Waals surface area contributed by atoms with E-state index in [1.807, 2.05) is 0 Å². The highest BCUT2D eigenvalue weighted by atomic mass is 35.5. The van der Waals surface area contributed by atoms with E-state index in [1.165, 1.54) is 12.1 Å². The number of hydrogen-bond acceptors (Lipinski definition) is 4. The SMILES string of the molecule is CCCCCCOC(=O)c1ccc(Cl)nn1. The van der Waals surface area contributed by atoms with E-state index < -0.39 is 5.97 Å². The first-order valence-electron chi connectivity index (χ1n) is 5.40. The van der Waals surface area contributed by atoms with Gasteiger partial charge in [-0.25, -0.2) is 4.79 Å². The molecule has 0 aliphatic rings. The van der Waals surface area contributed by atoms with Crippen molar-refractivity contribution < 1.29 is 9.53 Å². The first kappa shape index (κ1) is 12.9. The van der Waals surface area contributed by atoms with Crippen LogP contribution in [0.1, 0.15) is 43.1 Å². The van der Waals surface area contributed by atoms with E-state index in [0.717, 1.165) is 25.7 Å². The molecule has 0 fully saturated rings. The number of aromatic nitrogens is 2. The number of nitrogens with zero attached hydrogens (tertiary/aromatic N) is 2. The van der Waals surface area contributed by atoms with Gasteiger partial charge in [0, 0.05) is 0 Å². The molecule has 0 saturated carbocycles. The van der Waals surface area contributed by atoms with Crippen molar-refractivity contribution >= 4 is 17.6 Å². The van der Waals surface area contributed by atoms with Crippen molar-refractivity contribution in [3.8, 4) is 0 Å². The number of hydrogen-bond donors (Lipinski definition) is 0. The molecule has 88 valence electrons. The zero-order chi connectivity index (χ0) is 11.8. The zero-order valence-electron chi connectivity index (χ0n) is 9.28. The van der Waals surface area contributed by atoms with Crippen LogP contribution < -0.4 is 0 Å². The Morgan fingerprint density at radius 3 is 2.75 bits per heavy atom. The van der Waals surface area contributed by atoms with Gasteiger partial charge in [-0.15, -0.1) is 10.2 Å². The smallest absolute Gasteiger partial charge is 0.358 e. The number of carbonyl (C=O) groups excluding carboxylic acids is 1. The maximum atomic E-state index is 11.4. The van der Waals surface area contributed by atoms with Gasteiger partial charge in [0.1, 0.15) is 0 Å². The summed E-state index contributed by atoms with van der Waals surface area (Å²) in [6.07, 6.45) is 4.30. The summed E-state index contributed by atoms with van der Waals surface area (Å²) in [6, 6.07) is 3.02. The Kier molecular flexibility index (Phi) is 5.78. The molecule has 0 bridgehead atoms. The minimum atomic E-state index is -0.444. The number of rotatable bonds is 6. The molecule has 0 radical (unpaired) electrons. The predicted molar refractivity (Wildman–Crippen MR) is 61.5 cm³/mol. The lowest BCUT2D eigenvalue weighted by Gasteiger charge is -2.03. The third-order valence-electron chi connectivity index (χ3n) is 2.07. The van der Waals surface area contributed by atoms with Crippen LogP contribution in [0.2, 0.25) is 5.15 Å². The van der Waals surface area contributed by atoms with Gasteiger partial charge in [0.25, 0.3) is 0 Å². The summed E-state index contributed by atoms with van der Waals surface area (Å²) in [5.74, 6) is -0.444. The molecule has 0 unspecified atom stereocenters. The Morgan fingerprint density at radius 2 is 2.12 bits per heavy atom. The third kappa shape index (κ3) is 4.57. The molecule has 5 heteroatoms. The molecule has 0 aromatic carbocycles. The second kappa shape index (κ2) is 7.17. The van der Waals surface area contributed by atoms with Crippen LogP contribution in [-0.4, -0.2) is 22.8 Å². The maximum absolute atomic E-state index is 11.4. The van der Waals surface area contributed by atoms with E-state index in [9.17, 15) is 4.79 Å². The van der Waals surface area contributed by atoms with Crippen molar-refractivity contribution in [3.63, 3.8) is 0 Å². The summed E-state index contributed by atoms with van der Waals surface area (Å²) in [4.78, 5) is 11.4. The van der Waals surface area contributed by atoms with Crippen LogP contribution in [-0.2, 0) is 4.74 Å². The quantitative estimate of drug-likeness (QED) is 0.569. The number of esters is 1. The summed E-state index contributed by atoms with van der Waals surface area (Å²) in [6.45, 7) is 2.57. The van der Waals surface area contributed by atoms with Gasteiger partial charge in [-0.1, -0.05) is 37.8 Å². The van der Waals surface area contributed by atoms with Crippen molar-refractivity contribution in [2.75, 3.05) is 6.61 Å². The average Bonchev–Trinajstić information content (AvgIpc) is 2.29. The van der Waals surface area contributed by atoms with Gasteiger partial charge in [0.05, 0.1) is 6.61 Å². The Balaban J connectivity index is 2.27. The van der Waals surface area contributed by atoms with Gasteiger partial charge in [0.15, 0.2) is 10.8 Å². The Hall–Kier alpha value is -1.16. The maximum Gasteiger partial charge on any atom is 0.358 e. The highest BCUT2D eigenvalue weighted by Gasteiger charge is 2.08. The number of carbonyl (C=O) groups is 1. The molecule has 0 aliphatic carbocycles. The summed E-state index contributed by atoms with van der Waals surface area (Å²) in [7, 11) is 0. The first-order chi connectivity index (χ1) is 7.74. The largest absolute Gasteiger partial charge is 0.461 e. The van der Waals surface area contributed by atoms with Crippen LogP contribution in [0.4, 0.5) is 0 Å². The van der Waals surface area contributed by atoms with Gasteiger partial charge < -0.3 is 4.74 Å². The minimum absolute atomic E-state index is 0.194. The summed E-state index contributed by atoms with van der Waals surface area (Å²) < 4.78 is 5.03. The van der Waals surface area contributed by atoms with E-state index in [2.05, 4.69) is 17.1 Å². The number of unbranched alkanes of at least 4 members (excludes halogenated alkanes) is 3. The molecule has 0 aliphatic heterocycles. The van der Waals surface area contributed by atoms with Gasteiger partial charge in [-0.05, 0) is 18.6 Å². The average molecular weight is 243 g/mol. The molecule has 1 aromatic heterocycles. The highest BCUT2D eigenvalue weighted by Crippen LogP contribution is 2.04. The molecule has 1 aromatic rings.